The molecule has 4 aliphatic carbocycles. The van der Waals surface area contributed by atoms with Gasteiger partial charge in [0.05, 0.1) is 6.10 Å². The molecule has 0 bridgehead atoms. The molecular weight excluding hydrogens is 432 g/mol. The van der Waals surface area contributed by atoms with Crippen LogP contribution >= 0.6 is 0 Å². The van der Waals surface area contributed by atoms with E-state index in [1.54, 1.807) is 12.7 Å². The molecule has 9 atom stereocenters. The first kappa shape index (κ1) is 27.4. The minimum atomic E-state index is -0.316. The summed E-state index contributed by atoms with van der Waals surface area (Å²) in [5.74, 6) is 1.65. The summed E-state index contributed by atoms with van der Waals surface area (Å²) in [4.78, 5) is 12.3. The SMILES string of the molecule is CCCCC1(C(C=O)OC)CCC2(C)C(=CCC3C4(C)CCC(O)C(C)(C)C4CCC32C)C1CC. The first-order valence-corrected chi connectivity index (χ1v) is 14.8. The van der Waals surface area contributed by atoms with E-state index in [1.807, 2.05) is 0 Å². The molecule has 4 aliphatic rings. The lowest BCUT2D eigenvalue weighted by molar-refractivity contribution is -0.204. The molecule has 0 amide bonds. The van der Waals surface area contributed by atoms with Gasteiger partial charge in [-0.15, -0.1) is 0 Å². The minimum Gasteiger partial charge on any atom is -0.393 e. The summed E-state index contributed by atoms with van der Waals surface area (Å²) in [5, 5.41) is 10.9. The van der Waals surface area contributed by atoms with Crippen molar-refractivity contribution in [3.05, 3.63) is 11.6 Å². The van der Waals surface area contributed by atoms with Crippen LogP contribution in [0.2, 0.25) is 0 Å². The van der Waals surface area contributed by atoms with Crippen molar-refractivity contribution in [2.75, 3.05) is 7.11 Å². The predicted molar refractivity (Wildman–Crippen MR) is 144 cm³/mol. The van der Waals surface area contributed by atoms with Gasteiger partial charge in [-0.05, 0) is 97.2 Å². The van der Waals surface area contributed by atoms with Crippen LogP contribution < -0.4 is 0 Å². The summed E-state index contributed by atoms with van der Waals surface area (Å²) in [6.45, 7) is 17.1. The molecule has 35 heavy (non-hydrogen) atoms. The molecule has 3 heteroatoms. The Morgan fingerprint density at radius 1 is 1.06 bits per heavy atom. The lowest BCUT2D eigenvalue weighted by Crippen LogP contribution is -2.64. The Kier molecular flexibility index (Phi) is 7.24. The van der Waals surface area contributed by atoms with Gasteiger partial charge in [-0.3, -0.25) is 0 Å². The Bertz CT molecular complexity index is 831. The van der Waals surface area contributed by atoms with Crippen LogP contribution in [0, 0.1) is 44.8 Å². The third-order valence-corrected chi connectivity index (χ3v) is 13.0. The maximum Gasteiger partial charge on any atom is 0.149 e. The third-order valence-electron chi connectivity index (χ3n) is 13.0. The van der Waals surface area contributed by atoms with Crippen molar-refractivity contribution in [3.8, 4) is 0 Å². The van der Waals surface area contributed by atoms with Crippen molar-refractivity contribution < 1.29 is 14.6 Å². The smallest absolute Gasteiger partial charge is 0.149 e. The molecule has 3 fully saturated rings. The highest BCUT2D eigenvalue weighted by Crippen LogP contribution is 2.75. The second-order valence-electron chi connectivity index (χ2n) is 14.3. The first-order valence-electron chi connectivity index (χ1n) is 14.8. The minimum absolute atomic E-state index is 0.0112. The summed E-state index contributed by atoms with van der Waals surface area (Å²) in [6, 6.07) is 0. The molecule has 3 saturated carbocycles. The van der Waals surface area contributed by atoms with E-state index in [0.29, 0.717) is 17.8 Å². The average molecular weight is 487 g/mol. The molecule has 0 aromatic heterocycles. The quantitative estimate of drug-likeness (QED) is 0.295. The average Bonchev–Trinajstić information content (AvgIpc) is 2.82. The molecule has 0 radical (unpaired) electrons. The summed E-state index contributed by atoms with van der Waals surface area (Å²) in [6.07, 6.45) is 15.7. The Balaban J connectivity index is 1.79. The van der Waals surface area contributed by atoms with Gasteiger partial charge < -0.3 is 14.6 Å². The lowest BCUT2D eigenvalue weighted by Gasteiger charge is -2.71. The normalized spacial score (nSPS) is 47.6. The maximum atomic E-state index is 12.3. The van der Waals surface area contributed by atoms with Crippen LogP contribution in [0.25, 0.3) is 0 Å². The number of hydrogen-bond acceptors (Lipinski definition) is 3. The molecule has 200 valence electrons. The Labute approximate surface area is 215 Å². The summed E-state index contributed by atoms with van der Waals surface area (Å²) in [5.41, 5.74) is 2.27. The van der Waals surface area contributed by atoms with Crippen LogP contribution in [0.4, 0.5) is 0 Å². The van der Waals surface area contributed by atoms with E-state index in [2.05, 4.69) is 54.5 Å². The molecule has 0 spiro atoms. The number of aliphatic hydroxyl groups is 1. The van der Waals surface area contributed by atoms with E-state index in [4.69, 9.17) is 4.74 Å². The van der Waals surface area contributed by atoms with Gasteiger partial charge in [0.2, 0.25) is 0 Å². The number of aliphatic hydroxyl groups excluding tert-OH is 1. The number of carbonyl (C=O) groups excluding carboxylic acids is 1. The second-order valence-corrected chi connectivity index (χ2v) is 14.3. The summed E-state index contributed by atoms with van der Waals surface area (Å²) >= 11 is 0. The highest BCUT2D eigenvalue weighted by atomic mass is 16.5. The van der Waals surface area contributed by atoms with E-state index in [0.717, 1.165) is 64.1 Å². The molecule has 0 aromatic rings. The van der Waals surface area contributed by atoms with Crippen LogP contribution in [-0.2, 0) is 9.53 Å². The van der Waals surface area contributed by atoms with Crippen molar-refractivity contribution >= 4 is 6.29 Å². The molecule has 3 nitrogen and oxygen atoms in total. The molecule has 0 saturated heterocycles. The Morgan fingerprint density at radius 3 is 2.37 bits per heavy atom. The fourth-order valence-electron chi connectivity index (χ4n) is 10.8. The van der Waals surface area contributed by atoms with Gasteiger partial charge in [-0.2, -0.15) is 0 Å². The second kappa shape index (κ2) is 9.26. The topological polar surface area (TPSA) is 46.5 Å². The number of carbonyl (C=O) groups is 1. The predicted octanol–water partition coefficient (Wildman–Crippen LogP) is 7.75. The highest BCUT2D eigenvalue weighted by Gasteiger charge is 2.68. The van der Waals surface area contributed by atoms with E-state index in [9.17, 15) is 9.90 Å². The van der Waals surface area contributed by atoms with Gasteiger partial charge in [0.1, 0.15) is 12.4 Å². The monoisotopic (exact) mass is 486 g/mol. The number of rotatable bonds is 7. The maximum absolute atomic E-state index is 12.3. The number of hydrogen-bond donors (Lipinski definition) is 1. The fraction of sp³-hybridized carbons (Fsp3) is 0.906. The van der Waals surface area contributed by atoms with Crippen molar-refractivity contribution in [2.45, 2.75) is 131 Å². The lowest BCUT2D eigenvalue weighted by atomic mass is 9.34. The van der Waals surface area contributed by atoms with Crippen LogP contribution in [0.3, 0.4) is 0 Å². The van der Waals surface area contributed by atoms with E-state index in [1.165, 1.54) is 12.8 Å². The molecule has 0 aliphatic heterocycles. The zero-order valence-corrected chi connectivity index (χ0v) is 24.1. The van der Waals surface area contributed by atoms with Gasteiger partial charge in [-0.1, -0.05) is 73.0 Å². The largest absolute Gasteiger partial charge is 0.393 e. The summed E-state index contributed by atoms with van der Waals surface area (Å²) < 4.78 is 5.92. The van der Waals surface area contributed by atoms with Crippen LogP contribution in [0.1, 0.15) is 119 Å². The van der Waals surface area contributed by atoms with Gasteiger partial charge >= 0.3 is 0 Å². The molecule has 0 aromatic carbocycles. The Morgan fingerprint density at radius 2 is 1.77 bits per heavy atom. The zero-order valence-electron chi connectivity index (χ0n) is 24.1. The molecule has 1 N–H and O–H groups in total. The van der Waals surface area contributed by atoms with Gasteiger partial charge in [0.25, 0.3) is 0 Å². The van der Waals surface area contributed by atoms with Crippen molar-refractivity contribution in [3.63, 3.8) is 0 Å². The number of fused-ring (bicyclic) bond motifs is 5. The number of allylic oxidation sites excluding steroid dienone is 2. The number of unbranched alkanes of at least 4 members (excludes halogenated alkanes) is 1. The van der Waals surface area contributed by atoms with Crippen LogP contribution in [0.5, 0.6) is 0 Å². The van der Waals surface area contributed by atoms with E-state index in [-0.39, 0.29) is 39.3 Å². The zero-order chi connectivity index (χ0) is 25.9. The van der Waals surface area contributed by atoms with Crippen molar-refractivity contribution in [2.24, 2.45) is 44.8 Å². The van der Waals surface area contributed by atoms with Gasteiger partial charge in [-0.25, -0.2) is 0 Å². The molecule has 4 rings (SSSR count). The number of ether oxygens (including phenoxy) is 1. The molecular formula is C32H54O3. The van der Waals surface area contributed by atoms with Gasteiger partial charge in [0.15, 0.2) is 0 Å². The first-order chi connectivity index (χ1) is 16.4. The van der Waals surface area contributed by atoms with Crippen LogP contribution in [-0.4, -0.2) is 30.7 Å². The number of methoxy groups -OCH3 is 1. The molecule has 0 heterocycles. The van der Waals surface area contributed by atoms with Crippen molar-refractivity contribution in [1.82, 2.24) is 0 Å². The van der Waals surface area contributed by atoms with Crippen LogP contribution in [0.15, 0.2) is 11.6 Å². The highest BCUT2D eigenvalue weighted by molar-refractivity contribution is 5.59. The van der Waals surface area contributed by atoms with Gasteiger partial charge in [0, 0.05) is 12.5 Å². The van der Waals surface area contributed by atoms with E-state index >= 15 is 0 Å². The van der Waals surface area contributed by atoms with E-state index < -0.39 is 0 Å². The number of aldehydes is 1. The van der Waals surface area contributed by atoms with Crippen molar-refractivity contribution in [1.29, 1.82) is 0 Å². The standard InChI is InChI=1S/C32H54O3/c1-9-11-16-32(27(21-33)35-8)20-19-30(6)23(22(32)10-2)12-13-25-29(5)17-15-26(34)28(3,4)24(29)14-18-31(25,30)7/h12,21-22,24-27,34H,9-11,13-20H2,1-8H3. The fourth-order valence-corrected chi connectivity index (χ4v) is 10.8. The molecule has 9 unspecified atom stereocenters. The summed E-state index contributed by atoms with van der Waals surface area (Å²) in [7, 11) is 1.74. The third kappa shape index (κ3) is 3.60. The Hall–Kier alpha value is -0.670.